The number of nitrogens with one attached hydrogen (secondary N) is 2. The van der Waals surface area contributed by atoms with Crippen LogP contribution in [-0.2, 0) is 0 Å². The van der Waals surface area contributed by atoms with Crippen LogP contribution in [0.1, 0.15) is 45.4 Å². The van der Waals surface area contributed by atoms with Gasteiger partial charge in [-0.2, -0.15) is 0 Å². The van der Waals surface area contributed by atoms with Crippen molar-refractivity contribution in [3.63, 3.8) is 0 Å². The molecule has 152 valence electrons. The van der Waals surface area contributed by atoms with Crippen molar-refractivity contribution in [2.75, 3.05) is 73.0 Å². The highest BCUT2D eigenvalue weighted by Gasteiger charge is 2.17. The highest BCUT2D eigenvalue weighted by atomic mass is 15.2. The second kappa shape index (κ2) is 12.5. The van der Waals surface area contributed by atoms with E-state index in [-0.39, 0.29) is 0 Å². The topological polar surface area (TPSA) is 46.1 Å². The molecule has 0 saturated carbocycles. The van der Waals surface area contributed by atoms with Crippen LogP contribution in [0.2, 0.25) is 0 Å². The lowest BCUT2D eigenvalue weighted by atomic mass is 10.0. The molecule has 2 aliphatic rings. The zero-order valence-corrected chi connectivity index (χ0v) is 17.5. The summed E-state index contributed by atoms with van der Waals surface area (Å²) >= 11 is 0. The molecule has 2 fully saturated rings. The molecule has 1 atom stereocenters. The summed E-state index contributed by atoms with van der Waals surface area (Å²) in [6, 6.07) is 0.765. The van der Waals surface area contributed by atoms with Crippen LogP contribution in [0.15, 0.2) is 4.99 Å². The van der Waals surface area contributed by atoms with Crippen LogP contribution in [0.5, 0.6) is 0 Å². The number of aliphatic imine (C=N–C) groups is 1. The van der Waals surface area contributed by atoms with Gasteiger partial charge in [0.25, 0.3) is 0 Å². The number of guanidine groups is 1. The van der Waals surface area contributed by atoms with Gasteiger partial charge in [0.1, 0.15) is 0 Å². The molecule has 2 heterocycles. The van der Waals surface area contributed by atoms with Gasteiger partial charge < -0.3 is 25.3 Å². The number of hydrogen-bond acceptors (Lipinski definition) is 4. The van der Waals surface area contributed by atoms with Gasteiger partial charge in [0.15, 0.2) is 5.96 Å². The lowest BCUT2D eigenvalue weighted by Gasteiger charge is -2.33. The van der Waals surface area contributed by atoms with E-state index in [4.69, 9.17) is 0 Å². The van der Waals surface area contributed by atoms with Gasteiger partial charge in [-0.3, -0.25) is 4.99 Å². The smallest absolute Gasteiger partial charge is 0.190 e. The van der Waals surface area contributed by atoms with Gasteiger partial charge in [-0.1, -0.05) is 6.42 Å². The van der Waals surface area contributed by atoms with Crippen LogP contribution in [0.4, 0.5) is 0 Å². The number of rotatable bonds is 9. The third-order valence-electron chi connectivity index (χ3n) is 5.87. The Bertz CT molecular complexity index is 392. The predicted molar refractivity (Wildman–Crippen MR) is 112 cm³/mol. The van der Waals surface area contributed by atoms with Gasteiger partial charge in [-0.05, 0) is 59.2 Å². The summed E-state index contributed by atoms with van der Waals surface area (Å²) in [6.45, 7) is 13.0. The Morgan fingerprint density at radius 3 is 2.35 bits per heavy atom. The molecule has 2 rings (SSSR count). The molecule has 0 aromatic heterocycles. The molecule has 0 spiro atoms. The van der Waals surface area contributed by atoms with E-state index in [9.17, 15) is 0 Å². The summed E-state index contributed by atoms with van der Waals surface area (Å²) in [5.41, 5.74) is 0. The van der Waals surface area contributed by atoms with Crippen molar-refractivity contribution >= 4 is 5.96 Å². The minimum Gasteiger partial charge on any atom is -0.356 e. The van der Waals surface area contributed by atoms with Crippen molar-refractivity contribution in [2.45, 2.75) is 51.5 Å². The highest BCUT2D eigenvalue weighted by molar-refractivity contribution is 5.79. The van der Waals surface area contributed by atoms with Crippen LogP contribution in [0, 0.1) is 0 Å². The third kappa shape index (κ3) is 8.23. The maximum absolute atomic E-state index is 4.35. The monoisotopic (exact) mass is 366 g/mol. The number of nitrogens with zero attached hydrogens (tertiary/aromatic N) is 4. The van der Waals surface area contributed by atoms with Crippen molar-refractivity contribution in [1.29, 1.82) is 0 Å². The molecule has 0 aromatic rings. The minimum absolute atomic E-state index is 0.765. The first kappa shape index (κ1) is 21.5. The van der Waals surface area contributed by atoms with E-state index in [1.165, 1.54) is 84.3 Å². The molecule has 6 heteroatoms. The zero-order chi connectivity index (χ0) is 18.6. The largest absolute Gasteiger partial charge is 0.356 e. The normalized spacial score (nSPS) is 24.0. The van der Waals surface area contributed by atoms with E-state index >= 15 is 0 Å². The third-order valence-corrected chi connectivity index (χ3v) is 5.87. The summed E-state index contributed by atoms with van der Waals surface area (Å²) < 4.78 is 0. The second-order valence-electron chi connectivity index (χ2n) is 8.01. The van der Waals surface area contributed by atoms with Crippen LogP contribution in [-0.4, -0.2) is 99.7 Å². The summed E-state index contributed by atoms with van der Waals surface area (Å²) in [7, 11) is 4.08. The number of piperidine rings is 1. The number of hydrogen-bond donors (Lipinski definition) is 2. The second-order valence-corrected chi connectivity index (χ2v) is 8.01. The van der Waals surface area contributed by atoms with Crippen LogP contribution < -0.4 is 10.6 Å². The van der Waals surface area contributed by atoms with Crippen LogP contribution in [0.25, 0.3) is 0 Å². The summed E-state index contributed by atoms with van der Waals surface area (Å²) in [4.78, 5) is 12.0. The fraction of sp³-hybridized carbons (Fsp3) is 0.950. The molecule has 0 amide bonds. The quantitative estimate of drug-likeness (QED) is 0.367. The lowest BCUT2D eigenvalue weighted by molar-refractivity contribution is 0.152. The van der Waals surface area contributed by atoms with Gasteiger partial charge in [-0.25, -0.2) is 0 Å². The summed E-state index contributed by atoms with van der Waals surface area (Å²) in [5.74, 6) is 0.955. The molecule has 26 heavy (non-hydrogen) atoms. The van der Waals surface area contributed by atoms with Crippen molar-refractivity contribution in [3.8, 4) is 0 Å². The summed E-state index contributed by atoms with van der Waals surface area (Å²) in [5, 5.41) is 6.93. The molecular weight excluding hydrogens is 324 g/mol. The van der Waals surface area contributed by atoms with Gasteiger partial charge in [0, 0.05) is 58.9 Å². The lowest BCUT2D eigenvalue weighted by Crippen LogP contribution is -2.44. The molecule has 1 unspecified atom stereocenters. The first-order chi connectivity index (χ1) is 12.7. The first-order valence-electron chi connectivity index (χ1n) is 10.8. The first-order valence-corrected chi connectivity index (χ1v) is 10.8. The average Bonchev–Trinajstić information content (AvgIpc) is 2.66. The van der Waals surface area contributed by atoms with Crippen molar-refractivity contribution < 1.29 is 0 Å². The molecule has 0 aromatic carbocycles. The van der Waals surface area contributed by atoms with Crippen molar-refractivity contribution in [2.24, 2.45) is 4.99 Å². The number of likely N-dealkylation sites (N-methyl/N-ethyl adjacent to an activating group) is 1. The van der Waals surface area contributed by atoms with Gasteiger partial charge in [0.2, 0.25) is 0 Å². The molecular formula is C20H42N6. The Morgan fingerprint density at radius 1 is 0.923 bits per heavy atom. The van der Waals surface area contributed by atoms with Gasteiger partial charge in [0.05, 0.1) is 0 Å². The van der Waals surface area contributed by atoms with Gasteiger partial charge in [-0.15, -0.1) is 0 Å². The highest BCUT2D eigenvalue weighted by Crippen LogP contribution is 2.15. The molecule has 2 saturated heterocycles. The summed E-state index contributed by atoms with van der Waals surface area (Å²) in [6.07, 6.45) is 7.80. The Kier molecular flexibility index (Phi) is 10.3. The molecule has 6 nitrogen and oxygen atoms in total. The minimum atomic E-state index is 0.765. The predicted octanol–water partition coefficient (Wildman–Crippen LogP) is 1.44. The van der Waals surface area contributed by atoms with E-state index in [0.29, 0.717) is 0 Å². The van der Waals surface area contributed by atoms with E-state index < -0.39 is 0 Å². The number of unbranched alkanes of at least 4 members (excludes halogenated alkanes) is 1. The Labute approximate surface area is 161 Å². The standard InChI is InChI=1S/C20H42N6/c1-19-9-4-6-13-26(19)14-8-11-23-20(21-2)22-10-5-7-12-25-17-15-24(3)16-18-25/h19H,4-18H2,1-3H3,(H2,21,22,23). The van der Waals surface area contributed by atoms with E-state index in [1.807, 2.05) is 7.05 Å². The van der Waals surface area contributed by atoms with Crippen molar-refractivity contribution in [3.05, 3.63) is 0 Å². The SMILES string of the molecule is CN=C(NCCCCN1CCN(C)CC1)NCCCN1CCCCC1C. The molecule has 0 radical (unpaired) electrons. The maximum atomic E-state index is 4.35. The van der Waals surface area contributed by atoms with E-state index in [2.05, 4.69) is 44.3 Å². The fourth-order valence-corrected chi connectivity index (χ4v) is 3.94. The van der Waals surface area contributed by atoms with Crippen LogP contribution >= 0.6 is 0 Å². The average molecular weight is 367 g/mol. The van der Waals surface area contributed by atoms with Crippen LogP contribution in [0.3, 0.4) is 0 Å². The van der Waals surface area contributed by atoms with E-state index in [1.54, 1.807) is 0 Å². The van der Waals surface area contributed by atoms with Crippen molar-refractivity contribution in [1.82, 2.24) is 25.3 Å². The number of piperazine rings is 1. The fourth-order valence-electron chi connectivity index (χ4n) is 3.94. The Balaban J connectivity index is 1.46. The Hall–Kier alpha value is -0.850. The molecule has 2 aliphatic heterocycles. The molecule has 0 aliphatic carbocycles. The van der Waals surface area contributed by atoms with Gasteiger partial charge >= 0.3 is 0 Å². The maximum Gasteiger partial charge on any atom is 0.190 e. The number of likely N-dealkylation sites (tertiary alicyclic amines) is 1. The Morgan fingerprint density at radius 2 is 1.65 bits per heavy atom. The molecule has 0 bridgehead atoms. The molecule has 2 N–H and O–H groups in total. The van der Waals surface area contributed by atoms with E-state index in [0.717, 1.165) is 25.1 Å². The zero-order valence-electron chi connectivity index (χ0n) is 17.5.